The highest BCUT2D eigenvalue weighted by molar-refractivity contribution is 5.12. The first kappa shape index (κ1) is 12.4. The molecule has 1 aliphatic rings. The van der Waals surface area contributed by atoms with E-state index in [-0.39, 0.29) is 0 Å². The normalized spacial score (nSPS) is 17.2. The highest BCUT2D eigenvalue weighted by Crippen LogP contribution is 2.22. The van der Waals surface area contributed by atoms with Crippen molar-refractivity contribution in [3.05, 3.63) is 12.4 Å². The van der Waals surface area contributed by atoms with Gasteiger partial charge in [0.15, 0.2) is 5.75 Å². The molecule has 96 valence electrons. The second kappa shape index (κ2) is 6.64. The standard InChI is InChI=1S/C13H23N3O/c1-14-8-5-9-16-11-13(10-15-16)17-12-6-3-2-4-7-12/h10-12,14H,2-9H2,1H3. The zero-order valence-electron chi connectivity index (χ0n) is 10.7. The number of nitrogens with zero attached hydrogens (tertiary/aromatic N) is 2. The van der Waals surface area contributed by atoms with Crippen LogP contribution in [-0.2, 0) is 6.54 Å². The summed E-state index contributed by atoms with van der Waals surface area (Å²) in [4.78, 5) is 0. The van der Waals surface area contributed by atoms with Crippen LogP contribution in [0.1, 0.15) is 38.5 Å². The fraction of sp³-hybridized carbons (Fsp3) is 0.769. The number of ether oxygens (including phenoxy) is 1. The van der Waals surface area contributed by atoms with Gasteiger partial charge in [0.1, 0.15) is 0 Å². The molecule has 0 radical (unpaired) electrons. The average Bonchev–Trinajstić information content (AvgIpc) is 2.79. The molecule has 17 heavy (non-hydrogen) atoms. The van der Waals surface area contributed by atoms with Gasteiger partial charge in [0.2, 0.25) is 0 Å². The van der Waals surface area contributed by atoms with Crippen LogP contribution in [0.2, 0.25) is 0 Å². The van der Waals surface area contributed by atoms with Crippen LogP contribution in [0.25, 0.3) is 0 Å². The minimum absolute atomic E-state index is 0.415. The SMILES string of the molecule is CNCCCn1cc(OC2CCCCC2)cn1. The molecular formula is C13H23N3O. The zero-order valence-corrected chi connectivity index (χ0v) is 10.7. The predicted octanol–water partition coefficient (Wildman–Crippen LogP) is 2.20. The maximum Gasteiger partial charge on any atom is 0.157 e. The van der Waals surface area contributed by atoms with Gasteiger partial charge in [-0.25, -0.2) is 0 Å². The third-order valence-corrected chi connectivity index (χ3v) is 3.28. The third-order valence-electron chi connectivity index (χ3n) is 3.28. The van der Waals surface area contributed by atoms with E-state index in [4.69, 9.17) is 4.74 Å². The van der Waals surface area contributed by atoms with Gasteiger partial charge in [-0.05, 0) is 45.7 Å². The molecule has 2 rings (SSSR count). The van der Waals surface area contributed by atoms with Gasteiger partial charge in [0.05, 0.1) is 18.5 Å². The number of hydrogen-bond donors (Lipinski definition) is 1. The zero-order chi connectivity index (χ0) is 11.9. The topological polar surface area (TPSA) is 39.1 Å². The van der Waals surface area contributed by atoms with E-state index in [0.29, 0.717) is 6.10 Å². The molecule has 1 saturated carbocycles. The summed E-state index contributed by atoms with van der Waals surface area (Å²) < 4.78 is 7.91. The van der Waals surface area contributed by atoms with E-state index in [1.807, 2.05) is 24.1 Å². The molecule has 0 spiro atoms. The fourth-order valence-corrected chi connectivity index (χ4v) is 2.32. The van der Waals surface area contributed by atoms with Crippen LogP contribution in [0, 0.1) is 0 Å². The fourth-order valence-electron chi connectivity index (χ4n) is 2.32. The molecule has 1 aromatic heterocycles. The quantitative estimate of drug-likeness (QED) is 0.771. The van der Waals surface area contributed by atoms with Crippen molar-refractivity contribution in [2.24, 2.45) is 0 Å². The van der Waals surface area contributed by atoms with Gasteiger partial charge >= 0.3 is 0 Å². The highest BCUT2D eigenvalue weighted by Gasteiger charge is 2.15. The van der Waals surface area contributed by atoms with E-state index in [2.05, 4.69) is 10.4 Å². The lowest BCUT2D eigenvalue weighted by Gasteiger charge is -2.21. The maximum absolute atomic E-state index is 5.94. The predicted molar refractivity (Wildman–Crippen MR) is 68.3 cm³/mol. The number of aromatic nitrogens is 2. The van der Waals surface area contributed by atoms with Crippen LogP contribution in [0.4, 0.5) is 0 Å². The van der Waals surface area contributed by atoms with Gasteiger partial charge < -0.3 is 10.1 Å². The molecule has 1 heterocycles. The van der Waals surface area contributed by atoms with Crippen LogP contribution in [0.3, 0.4) is 0 Å². The van der Waals surface area contributed by atoms with Crippen LogP contribution < -0.4 is 10.1 Å². The summed E-state index contributed by atoms with van der Waals surface area (Å²) in [6.45, 7) is 1.98. The summed E-state index contributed by atoms with van der Waals surface area (Å²) in [6, 6.07) is 0. The summed E-state index contributed by atoms with van der Waals surface area (Å²) in [5, 5.41) is 7.46. The maximum atomic E-state index is 5.94. The van der Waals surface area contributed by atoms with Crippen molar-refractivity contribution in [1.29, 1.82) is 0 Å². The van der Waals surface area contributed by atoms with E-state index in [9.17, 15) is 0 Å². The summed E-state index contributed by atoms with van der Waals surface area (Å²) in [7, 11) is 1.97. The Balaban J connectivity index is 1.76. The Labute approximate surface area is 103 Å². The van der Waals surface area contributed by atoms with E-state index >= 15 is 0 Å². The lowest BCUT2D eigenvalue weighted by atomic mass is 9.98. The summed E-state index contributed by atoms with van der Waals surface area (Å²) in [5.41, 5.74) is 0. The third kappa shape index (κ3) is 4.04. The molecule has 1 aromatic rings. The second-order valence-electron chi connectivity index (χ2n) is 4.77. The van der Waals surface area contributed by atoms with Crippen LogP contribution in [0.15, 0.2) is 12.4 Å². The van der Waals surface area contributed by atoms with Crippen molar-refractivity contribution in [2.75, 3.05) is 13.6 Å². The summed E-state index contributed by atoms with van der Waals surface area (Å²) in [6.07, 6.45) is 11.7. The van der Waals surface area contributed by atoms with Crippen molar-refractivity contribution in [1.82, 2.24) is 15.1 Å². The Bertz CT molecular complexity index is 318. The molecule has 0 aliphatic heterocycles. The van der Waals surface area contributed by atoms with Crippen molar-refractivity contribution in [3.8, 4) is 5.75 Å². The van der Waals surface area contributed by atoms with Crippen LogP contribution in [0.5, 0.6) is 5.75 Å². The van der Waals surface area contributed by atoms with Crippen LogP contribution >= 0.6 is 0 Å². The van der Waals surface area contributed by atoms with Gasteiger partial charge in [-0.3, -0.25) is 4.68 Å². The molecule has 4 heteroatoms. The minimum Gasteiger partial charge on any atom is -0.487 e. The molecular weight excluding hydrogens is 214 g/mol. The Morgan fingerprint density at radius 2 is 2.24 bits per heavy atom. The molecule has 4 nitrogen and oxygen atoms in total. The first-order valence-electron chi connectivity index (χ1n) is 6.72. The van der Waals surface area contributed by atoms with Gasteiger partial charge in [0, 0.05) is 6.54 Å². The lowest BCUT2D eigenvalue weighted by molar-refractivity contribution is 0.155. The first-order chi connectivity index (χ1) is 8.38. The highest BCUT2D eigenvalue weighted by atomic mass is 16.5. The Morgan fingerprint density at radius 1 is 1.41 bits per heavy atom. The van der Waals surface area contributed by atoms with Crippen molar-refractivity contribution in [3.63, 3.8) is 0 Å². The van der Waals surface area contributed by atoms with Gasteiger partial charge in [0.25, 0.3) is 0 Å². The second-order valence-corrected chi connectivity index (χ2v) is 4.77. The molecule has 1 fully saturated rings. The summed E-state index contributed by atoms with van der Waals surface area (Å²) in [5.74, 6) is 0.932. The molecule has 0 atom stereocenters. The number of hydrogen-bond acceptors (Lipinski definition) is 3. The van der Waals surface area contributed by atoms with E-state index in [1.165, 1.54) is 32.1 Å². The van der Waals surface area contributed by atoms with Crippen molar-refractivity contribution >= 4 is 0 Å². The largest absolute Gasteiger partial charge is 0.487 e. The molecule has 1 N–H and O–H groups in total. The van der Waals surface area contributed by atoms with Gasteiger partial charge in [-0.1, -0.05) is 6.42 Å². The molecule has 0 saturated heterocycles. The number of aryl methyl sites for hydroxylation is 1. The molecule has 0 unspecified atom stereocenters. The minimum atomic E-state index is 0.415. The Morgan fingerprint density at radius 3 is 3.00 bits per heavy atom. The van der Waals surface area contributed by atoms with E-state index in [0.717, 1.165) is 25.3 Å². The van der Waals surface area contributed by atoms with Gasteiger partial charge in [-0.15, -0.1) is 0 Å². The first-order valence-corrected chi connectivity index (χ1v) is 6.72. The van der Waals surface area contributed by atoms with Crippen LogP contribution in [-0.4, -0.2) is 29.5 Å². The van der Waals surface area contributed by atoms with E-state index < -0.39 is 0 Å². The number of rotatable bonds is 6. The lowest BCUT2D eigenvalue weighted by Crippen LogP contribution is -2.19. The molecule has 0 aromatic carbocycles. The van der Waals surface area contributed by atoms with Gasteiger partial charge in [-0.2, -0.15) is 5.10 Å². The smallest absolute Gasteiger partial charge is 0.157 e. The van der Waals surface area contributed by atoms with Crippen molar-refractivity contribution < 1.29 is 4.74 Å². The Hall–Kier alpha value is -1.03. The number of nitrogens with one attached hydrogen (secondary N) is 1. The molecule has 1 aliphatic carbocycles. The average molecular weight is 237 g/mol. The van der Waals surface area contributed by atoms with Crippen molar-refractivity contribution in [2.45, 2.75) is 51.2 Å². The molecule has 0 bridgehead atoms. The Kier molecular flexibility index (Phi) is 4.86. The monoisotopic (exact) mass is 237 g/mol. The summed E-state index contributed by atoms with van der Waals surface area (Å²) >= 11 is 0. The molecule has 0 amide bonds. The van der Waals surface area contributed by atoms with E-state index in [1.54, 1.807) is 0 Å².